The summed E-state index contributed by atoms with van der Waals surface area (Å²) in [7, 11) is -8.89. The number of hydrogen-bond donors (Lipinski definition) is 3. The molecule has 0 fully saturated rings. The van der Waals surface area contributed by atoms with Gasteiger partial charge >= 0.3 is 0 Å². The van der Waals surface area contributed by atoms with Crippen molar-refractivity contribution in [2.45, 2.75) is 36.0 Å². The predicted molar refractivity (Wildman–Crippen MR) is 142 cm³/mol. The van der Waals surface area contributed by atoms with Gasteiger partial charge in [0.15, 0.2) is 11.4 Å². The van der Waals surface area contributed by atoms with E-state index in [1.54, 1.807) is 6.92 Å². The first kappa shape index (κ1) is 29.1. The van der Waals surface area contributed by atoms with Gasteiger partial charge in [-0.15, -0.1) is 0 Å². The van der Waals surface area contributed by atoms with Crippen LogP contribution in [-0.4, -0.2) is 52.4 Å². The molecule has 0 bridgehead atoms. The highest BCUT2D eigenvalue weighted by molar-refractivity contribution is 7.86. The van der Waals surface area contributed by atoms with Gasteiger partial charge in [-0.2, -0.15) is 47.3 Å². The summed E-state index contributed by atoms with van der Waals surface area (Å²) in [5.41, 5.74) is 0.760. The Bertz CT molecular complexity index is 1910. The van der Waals surface area contributed by atoms with Gasteiger partial charge in [0.05, 0.1) is 32.3 Å². The van der Waals surface area contributed by atoms with Crippen molar-refractivity contribution in [3.8, 4) is 23.7 Å². The highest BCUT2D eigenvalue weighted by Gasteiger charge is 2.34. The highest BCUT2D eigenvalue weighted by Crippen LogP contribution is 2.32. The number of anilines is 1. The van der Waals surface area contributed by atoms with E-state index < -0.39 is 32.0 Å². The Morgan fingerprint density at radius 3 is 1.90 bits per heavy atom. The minimum Gasteiger partial charge on any atom is -0.493 e. The van der Waals surface area contributed by atoms with Gasteiger partial charge in [-0.25, -0.2) is 0 Å². The molecule has 1 aliphatic rings. The van der Waals surface area contributed by atoms with Crippen LogP contribution < -0.4 is 5.01 Å². The Morgan fingerprint density at radius 2 is 1.44 bits per heavy atom. The maximum absolute atomic E-state index is 13.3. The zero-order chi connectivity index (χ0) is 30.1. The third-order valence-corrected chi connectivity index (χ3v) is 7.96. The molecule has 0 atom stereocenters. The van der Waals surface area contributed by atoms with Gasteiger partial charge in [-0.05, 0) is 67.8 Å². The molecular formula is C25H20N6O8S2. The van der Waals surface area contributed by atoms with Crippen LogP contribution >= 0.6 is 0 Å². The Labute approximate surface area is 234 Å². The minimum atomic E-state index is -4.45. The number of carbonyl (C=O) groups is 1. The average molecular weight is 597 g/mol. The smallest absolute Gasteiger partial charge is 0.294 e. The fourth-order valence-electron chi connectivity index (χ4n) is 4.19. The van der Waals surface area contributed by atoms with Crippen molar-refractivity contribution < 1.29 is 35.8 Å². The first-order valence-corrected chi connectivity index (χ1v) is 14.6. The number of nitrogens with zero attached hydrogens (tertiary/aromatic N) is 6. The minimum absolute atomic E-state index is 0.0278. The lowest BCUT2D eigenvalue weighted by Crippen LogP contribution is -2.22. The zero-order valence-corrected chi connectivity index (χ0v) is 22.8. The van der Waals surface area contributed by atoms with E-state index in [1.165, 1.54) is 24.3 Å². The quantitative estimate of drug-likeness (QED) is 0.253. The molecule has 210 valence electrons. The van der Waals surface area contributed by atoms with Gasteiger partial charge in [0, 0.05) is 0 Å². The van der Waals surface area contributed by atoms with Crippen LogP contribution in [0.25, 0.3) is 5.69 Å². The monoisotopic (exact) mass is 596 g/mol. The number of hydrazone groups is 1. The number of benzene rings is 2. The fourth-order valence-corrected chi connectivity index (χ4v) is 5.15. The van der Waals surface area contributed by atoms with Crippen molar-refractivity contribution in [3.63, 3.8) is 0 Å². The molecule has 0 unspecified atom stereocenters. The van der Waals surface area contributed by atoms with Crippen LogP contribution in [0, 0.1) is 22.7 Å². The second-order valence-corrected chi connectivity index (χ2v) is 11.5. The first-order chi connectivity index (χ1) is 19.3. The van der Waals surface area contributed by atoms with E-state index in [4.69, 9.17) is 4.55 Å². The summed E-state index contributed by atoms with van der Waals surface area (Å²) in [5.74, 6) is -1.04. The SMILES string of the molecule is CC/C(CCc1c(C#N)nn(-c2ccc(S(=O)(=O)O)cc2)c1O)=C1/C(=O)N(c2ccc(S(=O)(=O)O)cc2)N=C1C#N. The summed E-state index contributed by atoms with van der Waals surface area (Å²) < 4.78 is 64.6. The highest BCUT2D eigenvalue weighted by atomic mass is 32.2. The van der Waals surface area contributed by atoms with Crippen molar-refractivity contribution in [2.75, 3.05) is 5.01 Å². The molecule has 0 spiro atoms. The van der Waals surface area contributed by atoms with Crippen LogP contribution in [-0.2, 0) is 31.5 Å². The number of allylic oxidation sites excluding steroid dienone is 1. The summed E-state index contributed by atoms with van der Waals surface area (Å²) in [5, 5.41) is 39.2. The molecule has 14 nitrogen and oxygen atoms in total. The van der Waals surface area contributed by atoms with Crippen molar-refractivity contribution in [3.05, 3.63) is 70.9 Å². The molecule has 0 aliphatic carbocycles. The molecule has 41 heavy (non-hydrogen) atoms. The van der Waals surface area contributed by atoms with E-state index >= 15 is 0 Å². The lowest BCUT2D eigenvalue weighted by Gasteiger charge is -2.13. The number of aromatic nitrogens is 2. The number of nitriles is 2. The Morgan fingerprint density at radius 1 is 0.902 bits per heavy atom. The Balaban J connectivity index is 1.64. The molecule has 0 radical (unpaired) electrons. The molecule has 3 N–H and O–H groups in total. The Kier molecular flexibility index (Phi) is 7.78. The van der Waals surface area contributed by atoms with Crippen molar-refractivity contribution >= 4 is 37.5 Å². The number of carbonyl (C=O) groups excluding carboxylic acids is 1. The number of aromatic hydroxyl groups is 1. The van der Waals surface area contributed by atoms with Gasteiger partial charge in [0.2, 0.25) is 5.88 Å². The molecule has 0 saturated carbocycles. The zero-order valence-electron chi connectivity index (χ0n) is 21.1. The maximum Gasteiger partial charge on any atom is 0.294 e. The third-order valence-electron chi connectivity index (χ3n) is 6.23. The van der Waals surface area contributed by atoms with Gasteiger partial charge in [-0.1, -0.05) is 12.5 Å². The third kappa shape index (κ3) is 5.72. The van der Waals surface area contributed by atoms with E-state index in [0.29, 0.717) is 12.0 Å². The molecule has 2 heterocycles. The molecule has 1 aromatic heterocycles. The maximum atomic E-state index is 13.3. The summed E-state index contributed by atoms with van der Waals surface area (Å²) >= 11 is 0. The Hall–Kier alpha value is -4.87. The normalized spacial score (nSPS) is 14.9. The number of rotatable bonds is 8. The average Bonchev–Trinajstić information content (AvgIpc) is 3.44. The lowest BCUT2D eigenvalue weighted by atomic mass is 9.95. The number of amides is 1. The molecule has 0 saturated heterocycles. The number of hydrogen-bond acceptors (Lipinski definition) is 10. The van der Waals surface area contributed by atoms with Crippen LogP contribution in [0.15, 0.2) is 74.6 Å². The molecule has 16 heteroatoms. The van der Waals surface area contributed by atoms with Crippen LogP contribution in [0.2, 0.25) is 0 Å². The van der Waals surface area contributed by atoms with E-state index in [1.807, 2.05) is 12.1 Å². The predicted octanol–water partition coefficient (Wildman–Crippen LogP) is 2.51. The van der Waals surface area contributed by atoms with Gasteiger partial charge in [0.25, 0.3) is 26.1 Å². The fraction of sp³-hybridized carbons (Fsp3) is 0.160. The van der Waals surface area contributed by atoms with Crippen LogP contribution in [0.1, 0.15) is 31.0 Å². The van der Waals surface area contributed by atoms with Gasteiger partial charge < -0.3 is 5.11 Å². The van der Waals surface area contributed by atoms with Crippen LogP contribution in [0.4, 0.5) is 5.69 Å². The van der Waals surface area contributed by atoms with Crippen LogP contribution in [0.5, 0.6) is 5.88 Å². The topological polar surface area (TPSA) is 227 Å². The van der Waals surface area contributed by atoms with E-state index in [0.717, 1.165) is 34.0 Å². The lowest BCUT2D eigenvalue weighted by molar-refractivity contribution is -0.114. The molecule has 1 aliphatic heterocycles. The second kappa shape index (κ2) is 11.0. The summed E-state index contributed by atoms with van der Waals surface area (Å²) in [4.78, 5) is 12.5. The van der Waals surface area contributed by atoms with Crippen LogP contribution in [0.3, 0.4) is 0 Å². The van der Waals surface area contributed by atoms with Crippen molar-refractivity contribution in [1.82, 2.24) is 9.78 Å². The van der Waals surface area contributed by atoms with E-state index in [9.17, 15) is 41.8 Å². The van der Waals surface area contributed by atoms with E-state index in [2.05, 4.69) is 10.2 Å². The molecular weight excluding hydrogens is 576 g/mol. The largest absolute Gasteiger partial charge is 0.493 e. The summed E-state index contributed by atoms with van der Waals surface area (Å²) in [6.45, 7) is 1.75. The van der Waals surface area contributed by atoms with Crippen molar-refractivity contribution in [2.24, 2.45) is 5.10 Å². The summed E-state index contributed by atoms with van der Waals surface area (Å²) in [6, 6.07) is 13.2. The van der Waals surface area contributed by atoms with Gasteiger partial charge in [-0.3, -0.25) is 13.9 Å². The van der Waals surface area contributed by atoms with Gasteiger partial charge in [0.1, 0.15) is 12.1 Å². The first-order valence-electron chi connectivity index (χ1n) is 11.7. The van der Waals surface area contributed by atoms with E-state index in [-0.39, 0.29) is 56.5 Å². The second-order valence-electron chi connectivity index (χ2n) is 8.62. The molecule has 1 amide bonds. The summed E-state index contributed by atoms with van der Waals surface area (Å²) in [6.07, 6.45) is 0.480. The molecule has 4 rings (SSSR count). The molecule has 2 aromatic carbocycles. The molecule has 3 aromatic rings. The standard InChI is InChI=1S/C25H20N6O8S2/c1-2-15(23-22(14-27)29-31(25(23)33)17-6-10-19(11-7-17)41(37,38)39)3-12-20-21(13-26)28-30(24(20)32)16-4-8-18(9-5-16)40(34,35)36/h4-11,32H,2-3,12H2,1H3,(H,34,35,36)(H,37,38,39)/b23-15-. The van der Waals surface area contributed by atoms with Crippen molar-refractivity contribution in [1.29, 1.82) is 10.5 Å².